The molecule has 1 saturated carbocycles. The minimum atomic E-state index is -0.937. The van der Waals surface area contributed by atoms with Crippen molar-refractivity contribution in [3.8, 4) is 0 Å². The second-order valence-corrected chi connectivity index (χ2v) is 5.23. The summed E-state index contributed by atoms with van der Waals surface area (Å²) in [6.45, 7) is 3.03. The van der Waals surface area contributed by atoms with Crippen LogP contribution in [0.25, 0.3) is 0 Å². The lowest BCUT2D eigenvalue weighted by atomic mass is 9.67. The third kappa shape index (κ3) is 5.06. The molecular formula is C13H24N2O4. The summed E-state index contributed by atoms with van der Waals surface area (Å²) in [5.74, 6) is -0.937. The van der Waals surface area contributed by atoms with Crippen LogP contribution in [0.2, 0.25) is 0 Å². The molecule has 1 fully saturated rings. The van der Waals surface area contributed by atoms with Crippen molar-refractivity contribution in [3.05, 3.63) is 0 Å². The van der Waals surface area contributed by atoms with Crippen molar-refractivity contribution in [3.63, 3.8) is 0 Å². The van der Waals surface area contributed by atoms with Crippen LogP contribution in [0.15, 0.2) is 0 Å². The van der Waals surface area contributed by atoms with E-state index in [0.29, 0.717) is 6.54 Å². The van der Waals surface area contributed by atoms with Crippen molar-refractivity contribution in [1.29, 1.82) is 0 Å². The Balaban J connectivity index is 2.21. The summed E-state index contributed by atoms with van der Waals surface area (Å²) in [5, 5.41) is 14.2. The molecule has 0 bridgehead atoms. The molecule has 0 aromatic carbocycles. The van der Waals surface area contributed by atoms with E-state index in [4.69, 9.17) is 9.84 Å². The highest BCUT2D eigenvalue weighted by molar-refractivity contribution is 5.74. The fourth-order valence-electron chi connectivity index (χ4n) is 2.30. The maximum Gasteiger partial charge on any atom is 0.314 e. The van der Waals surface area contributed by atoms with Crippen LogP contribution in [0.1, 0.15) is 39.0 Å². The van der Waals surface area contributed by atoms with Crippen molar-refractivity contribution in [2.75, 3.05) is 20.2 Å². The van der Waals surface area contributed by atoms with E-state index >= 15 is 0 Å². The number of hydrogen-bond acceptors (Lipinski definition) is 3. The number of aliphatic carboxylic acids is 1. The Bertz CT molecular complexity index is 310. The zero-order valence-electron chi connectivity index (χ0n) is 11.7. The molecule has 6 heteroatoms. The van der Waals surface area contributed by atoms with Gasteiger partial charge in [0.15, 0.2) is 0 Å². The topological polar surface area (TPSA) is 87.7 Å². The number of carboxylic acid groups (broad SMARTS) is 1. The molecule has 0 radical (unpaired) electrons. The maximum absolute atomic E-state index is 11.6. The van der Waals surface area contributed by atoms with E-state index in [1.807, 2.05) is 0 Å². The Hall–Kier alpha value is -1.30. The molecule has 0 heterocycles. The van der Waals surface area contributed by atoms with Gasteiger partial charge < -0.3 is 20.5 Å². The van der Waals surface area contributed by atoms with Crippen molar-refractivity contribution < 1.29 is 19.4 Å². The van der Waals surface area contributed by atoms with Gasteiger partial charge in [-0.05, 0) is 24.7 Å². The van der Waals surface area contributed by atoms with Gasteiger partial charge in [0, 0.05) is 20.2 Å². The SMILES string of the molecule is CCC1(CNC(=O)NCC(CC(=O)O)OC)CCC1. The van der Waals surface area contributed by atoms with Crippen LogP contribution in [-0.2, 0) is 9.53 Å². The van der Waals surface area contributed by atoms with Gasteiger partial charge in [0.1, 0.15) is 0 Å². The van der Waals surface area contributed by atoms with E-state index in [1.165, 1.54) is 26.4 Å². The van der Waals surface area contributed by atoms with Gasteiger partial charge in [0.2, 0.25) is 0 Å². The van der Waals surface area contributed by atoms with Crippen LogP contribution in [0.3, 0.4) is 0 Å². The fourth-order valence-corrected chi connectivity index (χ4v) is 2.30. The Labute approximate surface area is 113 Å². The summed E-state index contributed by atoms with van der Waals surface area (Å²) < 4.78 is 4.99. The highest BCUT2D eigenvalue weighted by Gasteiger charge is 2.35. The molecule has 6 nitrogen and oxygen atoms in total. The lowest BCUT2D eigenvalue weighted by molar-refractivity contribution is -0.139. The molecule has 0 saturated heterocycles. The van der Waals surface area contributed by atoms with E-state index < -0.39 is 12.1 Å². The van der Waals surface area contributed by atoms with E-state index in [2.05, 4.69) is 17.6 Å². The average molecular weight is 272 g/mol. The van der Waals surface area contributed by atoms with Crippen LogP contribution < -0.4 is 10.6 Å². The minimum absolute atomic E-state index is 0.115. The molecule has 2 amide bonds. The summed E-state index contributed by atoms with van der Waals surface area (Å²) in [5.41, 5.74) is 0.277. The van der Waals surface area contributed by atoms with E-state index in [-0.39, 0.29) is 24.4 Å². The predicted octanol–water partition coefficient (Wildman–Crippen LogP) is 1.36. The summed E-state index contributed by atoms with van der Waals surface area (Å²) in [6, 6.07) is -0.257. The Morgan fingerprint density at radius 1 is 1.37 bits per heavy atom. The van der Waals surface area contributed by atoms with Gasteiger partial charge >= 0.3 is 12.0 Å². The molecule has 19 heavy (non-hydrogen) atoms. The van der Waals surface area contributed by atoms with Crippen molar-refractivity contribution in [1.82, 2.24) is 10.6 Å². The Morgan fingerprint density at radius 2 is 2.05 bits per heavy atom. The lowest BCUT2D eigenvalue weighted by Crippen LogP contribution is -2.47. The molecule has 0 aromatic heterocycles. The largest absolute Gasteiger partial charge is 0.481 e. The van der Waals surface area contributed by atoms with E-state index in [1.54, 1.807) is 0 Å². The average Bonchev–Trinajstić information content (AvgIpc) is 2.33. The van der Waals surface area contributed by atoms with Gasteiger partial charge in [-0.3, -0.25) is 4.79 Å². The number of amides is 2. The molecule has 3 N–H and O–H groups in total. The normalized spacial score (nSPS) is 18.2. The van der Waals surface area contributed by atoms with Gasteiger partial charge in [0.05, 0.1) is 12.5 Å². The van der Waals surface area contributed by atoms with Crippen LogP contribution in [0.5, 0.6) is 0 Å². The van der Waals surface area contributed by atoms with Crippen LogP contribution in [0, 0.1) is 5.41 Å². The first-order valence-electron chi connectivity index (χ1n) is 6.77. The number of nitrogens with one attached hydrogen (secondary N) is 2. The highest BCUT2D eigenvalue weighted by atomic mass is 16.5. The summed E-state index contributed by atoms with van der Waals surface area (Å²) >= 11 is 0. The minimum Gasteiger partial charge on any atom is -0.481 e. The molecule has 1 aliphatic rings. The molecule has 1 rings (SSSR count). The molecular weight excluding hydrogens is 248 g/mol. The van der Waals surface area contributed by atoms with Crippen molar-refractivity contribution in [2.24, 2.45) is 5.41 Å². The number of rotatable bonds is 8. The monoisotopic (exact) mass is 272 g/mol. The highest BCUT2D eigenvalue weighted by Crippen LogP contribution is 2.42. The second kappa shape index (κ2) is 7.33. The third-order valence-electron chi connectivity index (χ3n) is 4.01. The van der Waals surface area contributed by atoms with E-state index in [9.17, 15) is 9.59 Å². The number of carbonyl (C=O) groups is 2. The van der Waals surface area contributed by atoms with Gasteiger partial charge in [-0.25, -0.2) is 4.79 Å². The fraction of sp³-hybridized carbons (Fsp3) is 0.846. The molecule has 1 atom stereocenters. The first-order chi connectivity index (χ1) is 9.01. The first-order valence-corrected chi connectivity index (χ1v) is 6.77. The number of ether oxygens (including phenoxy) is 1. The number of hydrogen-bond donors (Lipinski definition) is 3. The maximum atomic E-state index is 11.6. The first kappa shape index (κ1) is 15.8. The van der Waals surface area contributed by atoms with Crippen molar-refractivity contribution in [2.45, 2.75) is 45.1 Å². The van der Waals surface area contributed by atoms with Gasteiger partial charge in [-0.15, -0.1) is 0 Å². The number of urea groups is 1. The van der Waals surface area contributed by atoms with Crippen molar-refractivity contribution >= 4 is 12.0 Å². The molecule has 1 aliphatic carbocycles. The predicted molar refractivity (Wildman–Crippen MR) is 71.0 cm³/mol. The van der Waals surface area contributed by atoms with Crippen LogP contribution in [-0.4, -0.2) is 43.4 Å². The molecule has 0 spiro atoms. The van der Waals surface area contributed by atoms with Crippen LogP contribution >= 0.6 is 0 Å². The zero-order valence-corrected chi connectivity index (χ0v) is 11.7. The zero-order chi connectivity index (χ0) is 14.3. The number of carbonyl (C=O) groups excluding carboxylic acids is 1. The summed E-state index contributed by atoms with van der Waals surface area (Å²) in [7, 11) is 1.44. The lowest BCUT2D eigenvalue weighted by Gasteiger charge is -2.41. The molecule has 110 valence electrons. The summed E-state index contributed by atoms with van der Waals surface area (Å²) in [4.78, 5) is 22.2. The van der Waals surface area contributed by atoms with E-state index in [0.717, 1.165) is 6.42 Å². The van der Waals surface area contributed by atoms with Gasteiger partial charge in [-0.2, -0.15) is 0 Å². The van der Waals surface area contributed by atoms with Gasteiger partial charge in [-0.1, -0.05) is 13.3 Å². The molecule has 0 aromatic rings. The third-order valence-corrected chi connectivity index (χ3v) is 4.01. The number of carboxylic acids is 1. The smallest absolute Gasteiger partial charge is 0.314 e. The summed E-state index contributed by atoms with van der Waals surface area (Å²) in [6.07, 6.45) is 4.05. The Kier molecular flexibility index (Phi) is 6.08. The molecule has 1 unspecified atom stereocenters. The standard InChI is InChI=1S/C13H24N2O4/c1-3-13(5-4-6-13)9-15-12(18)14-8-10(19-2)7-11(16)17/h10H,3-9H2,1-2H3,(H,16,17)(H2,14,15,18). The van der Waals surface area contributed by atoms with Crippen LogP contribution in [0.4, 0.5) is 4.79 Å². The molecule has 0 aliphatic heterocycles. The Morgan fingerprint density at radius 3 is 2.47 bits per heavy atom. The number of methoxy groups -OCH3 is 1. The quantitative estimate of drug-likeness (QED) is 0.622. The van der Waals surface area contributed by atoms with Gasteiger partial charge in [0.25, 0.3) is 0 Å². The second-order valence-electron chi connectivity index (χ2n) is 5.23.